The minimum Gasteiger partial charge on any atom is -0.550 e. The number of rotatable bonds is 5. The largest absolute Gasteiger partial charge is 0.550 e. The number of amides is 1. The fraction of sp³-hybridized carbons (Fsp3) is 0.458. The molecule has 2 aliphatic heterocycles. The van der Waals surface area contributed by atoms with E-state index < -0.39 is 41.9 Å². The number of fused-ring (bicyclic) bond motifs is 2. The lowest BCUT2D eigenvalue weighted by molar-refractivity contribution is -0.313. The number of aliphatic carboxylic acids is 1. The highest BCUT2D eigenvalue weighted by molar-refractivity contribution is 7.15. The first-order valence-corrected chi connectivity index (χ1v) is 11.5. The zero-order valence-electron chi connectivity index (χ0n) is 18.5. The average Bonchev–Trinajstić information content (AvgIpc) is 3.47. The van der Waals surface area contributed by atoms with Crippen LogP contribution in [0.15, 0.2) is 29.6 Å². The van der Waals surface area contributed by atoms with Crippen molar-refractivity contribution in [2.45, 2.75) is 51.2 Å². The van der Waals surface area contributed by atoms with Crippen molar-refractivity contribution in [1.29, 1.82) is 0 Å². The molecule has 3 heterocycles. The van der Waals surface area contributed by atoms with E-state index in [1.165, 1.54) is 18.4 Å². The number of anilines is 1. The minimum atomic E-state index is -1.28. The highest BCUT2D eigenvalue weighted by Gasteiger charge is 2.53. The number of carbonyl (C=O) groups excluding carboxylic acids is 3. The first-order chi connectivity index (χ1) is 15.1. The Morgan fingerprint density at radius 1 is 1.09 bits per heavy atom. The second kappa shape index (κ2) is 8.33. The summed E-state index contributed by atoms with van der Waals surface area (Å²) < 4.78 is 10.6. The van der Waals surface area contributed by atoms with E-state index in [0.717, 1.165) is 11.1 Å². The minimum absolute atomic E-state index is 0.00420. The standard InChI is InChI=1S/C24H27NO6S/c1-24(2,3)13-7-5-12(6-8-13)14-11-32-21(17(14)23(29)30-4)25-20(26)18-15-9-10-16(31-15)19(18)22(27)28/h5-8,11,15-16,18-19H,9-10H2,1-4H3,(H,25,26)(H,27,28)/p-1/t15-,16+,18+,19-/m0/s1. The summed E-state index contributed by atoms with van der Waals surface area (Å²) in [5.74, 6) is -4.16. The Hall–Kier alpha value is -2.71. The van der Waals surface area contributed by atoms with Crippen LogP contribution < -0.4 is 10.4 Å². The number of ether oxygens (including phenoxy) is 2. The van der Waals surface area contributed by atoms with Crippen molar-refractivity contribution in [2.75, 3.05) is 12.4 Å². The molecule has 0 aliphatic carbocycles. The molecule has 170 valence electrons. The number of carboxylic acids is 1. The SMILES string of the molecule is COC(=O)c1c(-c2ccc(C(C)(C)C)cc2)csc1NC(=O)[C@H]1[C@@H](C(=O)[O-])[C@H]2CC[C@@H]1O2. The van der Waals surface area contributed by atoms with Crippen LogP contribution in [-0.4, -0.2) is 37.2 Å². The molecule has 1 N–H and O–H groups in total. The highest BCUT2D eigenvalue weighted by atomic mass is 32.1. The molecule has 2 fully saturated rings. The van der Waals surface area contributed by atoms with Crippen molar-refractivity contribution in [2.24, 2.45) is 11.8 Å². The summed E-state index contributed by atoms with van der Waals surface area (Å²) in [6, 6.07) is 7.92. The maximum atomic E-state index is 13.1. The number of hydrogen-bond acceptors (Lipinski definition) is 7. The van der Waals surface area contributed by atoms with Gasteiger partial charge in [0.1, 0.15) is 10.6 Å². The van der Waals surface area contributed by atoms with Gasteiger partial charge < -0.3 is 24.7 Å². The summed E-state index contributed by atoms with van der Waals surface area (Å²) in [5.41, 5.74) is 2.89. The molecule has 32 heavy (non-hydrogen) atoms. The van der Waals surface area contributed by atoms with Crippen LogP contribution in [0, 0.1) is 11.8 Å². The molecule has 2 aromatic rings. The maximum Gasteiger partial charge on any atom is 0.341 e. The Morgan fingerprint density at radius 2 is 1.72 bits per heavy atom. The third-order valence-electron chi connectivity index (χ3n) is 6.33. The van der Waals surface area contributed by atoms with E-state index in [9.17, 15) is 19.5 Å². The molecule has 1 aromatic carbocycles. The molecule has 8 heteroatoms. The van der Waals surface area contributed by atoms with Gasteiger partial charge in [0.15, 0.2) is 0 Å². The molecular weight excluding hydrogens is 430 g/mol. The molecular formula is C24H26NO6S-. The van der Waals surface area contributed by atoms with E-state index in [1.807, 2.05) is 24.3 Å². The number of methoxy groups -OCH3 is 1. The van der Waals surface area contributed by atoms with Crippen molar-refractivity contribution in [3.05, 3.63) is 40.8 Å². The van der Waals surface area contributed by atoms with Crippen molar-refractivity contribution in [1.82, 2.24) is 0 Å². The number of carbonyl (C=O) groups is 3. The van der Waals surface area contributed by atoms with E-state index in [-0.39, 0.29) is 11.0 Å². The van der Waals surface area contributed by atoms with Crippen LogP contribution in [0.1, 0.15) is 49.5 Å². The van der Waals surface area contributed by atoms with Crippen molar-refractivity contribution in [3.8, 4) is 11.1 Å². The molecule has 2 aliphatic rings. The summed E-state index contributed by atoms with van der Waals surface area (Å²) in [6.07, 6.45) is 0.287. The Balaban J connectivity index is 1.64. The summed E-state index contributed by atoms with van der Waals surface area (Å²) in [4.78, 5) is 37.3. The number of thiophene rings is 1. The Bertz CT molecular complexity index is 1050. The normalized spacial score (nSPS) is 24.4. The first-order valence-electron chi connectivity index (χ1n) is 10.6. The molecule has 2 saturated heterocycles. The van der Waals surface area contributed by atoms with Crippen LogP contribution in [0.5, 0.6) is 0 Å². The predicted molar refractivity (Wildman–Crippen MR) is 118 cm³/mol. The quantitative estimate of drug-likeness (QED) is 0.694. The van der Waals surface area contributed by atoms with Crippen LogP contribution in [0.4, 0.5) is 5.00 Å². The van der Waals surface area contributed by atoms with Gasteiger partial charge in [-0.05, 0) is 29.4 Å². The van der Waals surface area contributed by atoms with Gasteiger partial charge in [0, 0.05) is 22.8 Å². The number of nitrogens with one attached hydrogen (secondary N) is 1. The van der Waals surface area contributed by atoms with Crippen molar-refractivity contribution in [3.63, 3.8) is 0 Å². The summed E-state index contributed by atoms with van der Waals surface area (Å²) >= 11 is 1.20. The van der Waals surface area contributed by atoms with Crippen LogP contribution in [0.25, 0.3) is 11.1 Å². The van der Waals surface area contributed by atoms with Gasteiger partial charge in [-0.2, -0.15) is 0 Å². The maximum absolute atomic E-state index is 13.1. The number of benzene rings is 1. The van der Waals surface area contributed by atoms with Crippen LogP contribution in [0.2, 0.25) is 0 Å². The second-order valence-electron chi connectivity index (χ2n) is 9.32. The summed E-state index contributed by atoms with van der Waals surface area (Å²) in [7, 11) is 1.29. The van der Waals surface area contributed by atoms with Crippen LogP contribution in [0.3, 0.4) is 0 Å². The van der Waals surface area contributed by atoms with Gasteiger partial charge in [0.05, 0.1) is 25.2 Å². The predicted octanol–water partition coefficient (Wildman–Crippen LogP) is 2.98. The van der Waals surface area contributed by atoms with E-state index in [0.29, 0.717) is 23.4 Å². The zero-order chi connectivity index (χ0) is 23.2. The van der Waals surface area contributed by atoms with Gasteiger partial charge in [-0.25, -0.2) is 4.79 Å². The van der Waals surface area contributed by atoms with Gasteiger partial charge in [-0.3, -0.25) is 4.79 Å². The van der Waals surface area contributed by atoms with E-state index >= 15 is 0 Å². The Labute approximate surface area is 190 Å². The number of carboxylic acid groups (broad SMARTS) is 1. The molecule has 0 saturated carbocycles. The van der Waals surface area contributed by atoms with E-state index in [1.54, 1.807) is 5.38 Å². The van der Waals surface area contributed by atoms with Gasteiger partial charge in [0.2, 0.25) is 5.91 Å². The number of hydrogen-bond donors (Lipinski definition) is 1. The van der Waals surface area contributed by atoms with Crippen molar-refractivity contribution < 1.29 is 29.0 Å². The Kier molecular flexibility index (Phi) is 5.85. The summed E-state index contributed by atoms with van der Waals surface area (Å²) in [5, 5.41) is 16.5. The lowest BCUT2D eigenvalue weighted by atomic mass is 9.78. The molecule has 7 nitrogen and oxygen atoms in total. The van der Waals surface area contributed by atoms with Crippen LogP contribution in [-0.2, 0) is 24.5 Å². The molecule has 4 atom stereocenters. The third kappa shape index (κ3) is 3.93. The second-order valence-corrected chi connectivity index (χ2v) is 10.2. The fourth-order valence-corrected chi connectivity index (χ4v) is 5.58. The third-order valence-corrected chi connectivity index (χ3v) is 7.22. The molecule has 0 unspecified atom stereocenters. The first kappa shape index (κ1) is 22.5. The molecule has 0 spiro atoms. The van der Waals surface area contributed by atoms with E-state index in [2.05, 4.69) is 26.1 Å². The Morgan fingerprint density at radius 3 is 2.28 bits per heavy atom. The lowest BCUT2D eigenvalue weighted by Gasteiger charge is -2.27. The smallest absolute Gasteiger partial charge is 0.341 e. The van der Waals surface area contributed by atoms with E-state index in [4.69, 9.17) is 9.47 Å². The molecule has 0 radical (unpaired) electrons. The van der Waals surface area contributed by atoms with Gasteiger partial charge >= 0.3 is 5.97 Å². The molecule has 1 aromatic heterocycles. The molecule has 1 amide bonds. The fourth-order valence-electron chi connectivity index (χ4n) is 4.62. The lowest BCUT2D eigenvalue weighted by Crippen LogP contribution is -2.46. The van der Waals surface area contributed by atoms with Gasteiger partial charge in [-0.15, -0.1) is 11.3 Å². The van der Waals surface area contributed by atoms with Crippen molar-refractivity contribution >= 4 is 34.2 Å². The highest BCUT2D eigenvalue weighted by Crippen LogP contribution is 2.44. The average molecular weight is 457 g/mol. The molecule has 2 bridgehead atoms. The van der Waals surface area contributed by atoms with Crippen LogP contribution >= 0.6 is 11.3 Å². The topological polar surface area (TPSA) is 105 Å². The van der Waals surface area contributed by atoms with Gasteiger partial charge in [0.25, 0.3) is 0 Å². The molecule has 4 rings (SSSR count). The number of esters is 1. The monoisotopic (exact) mass is 456 g/mol. The summed E-state index contributed by atoms with van der Waals surface area (Å²) in [6.45, 7) is 6.37. The van der Waals surface area contributed by atoms with Gasteiger partial charge in [-0.1, -0.05) is 45.0 Å². The zero-order valence-corrected chi connectivity index (χ0v) is 19.3.